The fourth-order valence-corrected chi connectivity index (χ4v) is 4.28. The van der Waals surface area contributed by atoms with E-state index in [-0.39, 0.29) is 23.9 Å². The van der Waals surface area contributed by atoms with E-state index in [1.54, 1.807) is 12.1 Å². The summed E-state index contributed by atoms with van der Waals surface area (Å²) in [6.45, 7) is 0. The molecule has 0 saturated heterocycles. The van der Waals surface area contributed by atoms with Crippen molar-refractivity contribution in [3.8, 4) is 17.1 Å². The summed E-state index contributed by atoms with van der Waals surface area (Å²) in [5, 5.41) is 12.0. The largest absolute Gasteiger partial charge is 0.469 e. The highest BCUT2D eigenvalue weighted by Crippen LogP contribution is 2.28. The maximum Gasteiger partial charge on any atom is 0.307 e. The van der Waals surface area contributed by atoms with Crippen molar-refractivity contribution in [2.75, 3.05) is 12.9 Å². The van der Waals surface area contributed by atoms with Crippen LogP contribution in [0.15, 0.2) is 90.1 Å². The van der Waals surface area contributed by atoms with Crippen LogP contribution in [0.3, 0.4) is 0 Å². The highest BCUT2D eigenvalue weighted by Gasteiger charge is 2.21. The van der Waals surface area contributed by atoms with Crippen LogP contribution in [0.2, 0.25) is 0 Å². The number of aromatic nitrogens is 3. The lowest BCUT2D eigenvalue weighted by Gasteiger charge is -2.18. The topological polar surface area (TPSA) is 86.1 Å². The summed E-state index contributed by atoms with van der Waals surface area (Å²) in [5.41, 5.74) is 2.32. The van der Waals surface area contributed by atoms with Gasteiger partial charge in [-0.25, -0.2) is 4.39 Å². The molecule has 1 unspecified atom stereocenters. The molecule has 1 atom stereocenters. The van der Waals surface area contributed by atoms with Crippen LogP contribution in [0.5, 0.6) is 0 Å². The molecule has 4 rings (SSSR count). The van der Waals surface area contributed by atoms with Crippen molar-refractivity contribution in [1.82, 2.24) is 20.1 Å². The minimum Gasteiger partial charge on any atom is -0.469 e. The molecule has 0 fully saturated rings. The Labute approximate surface area is 206 Å². The number of hydrogen-bond acceptors (Lipinski definition) is 6. The summed E-state index contributed by atoms with van der Waals surface area (Å²) >= 11 is 1.22. The number of methoxy groups -OCH3 is 1. The predicted octanol–water partition coefficient (Wildman–Crippen LogP) is 4.59. The lowest BCUT2D eigenvalue weighted by molar-refractivity contribution is -0.141. The highest BCUT2D eigenvalue weighted by molar-refractivity contribution is 7.99. The Morgan fingerprint density at radius 1 is 0.971 bits per heavy atom. The van der Waals surface area contributed by atoms with E-state index in [4.69, 9.17) is 4.74 Å². The van der Waals surface area contributed by atoms with Crippen molar-refractivity contribution >= 4 is 23.6 Å². The molecule has 0 aliphatic rings. The van der Waals surface area contributed by atoms with Crippen LogP contribution < -0.4 is 5.32 Å². The third-order valence-corrected chi connectivity index (χ3v) is 6.15. The molecular formula is C26H23FN4O3S. The molecule has 1 amide bonds. The molecule has 0 spiro atoms. The number of thioether (sulfide) groups is 1. The van der Waals surface area contributed by atoms with E-state index in [0.29, 0.717) is 16.5 Å². The van der Waals surface area contributed by atoms with Gasteiger partial charge in [0.05, 0.1) is 25.3 Å². The molecular weight excluding hydrogens is 467 g/mol. The summed E-state index contributed by atoms with van der Waals surface area (Å²) in [5.74, 6) is -0.435. The third kappa shape index (κ3) is 6.13. The molecule has 178 valence electrons. The van der Waals surface area contributed by atoms with Crippen LogP contribution in [0, 0.1) is 5.82 Å². The van der Waals surface area contributed by atoms with Crippen LogP contribution in [0.4, 0.5) is 4.39 Å². The van der Waals surface area contributed by atoms with Gasteiger partial charge in [0.2, 0.25) is 5.91 Å². The first-order chi connectivity index (χ1) is 17.0. The first-order valence-corrected chi connectivity index (χ1v) is 11.8. The molecule has 0 bridgehead atoms. The van der Waals surface area contributed by atoms with Crippen LogP contribution in [-0.4, -0.2) is 39.5 Å². The minimum absolute atomic E-state index is 0.0197. The van der Waals surface area contributed by atoms with Gasteiger partial charge in [-0.05, 0) is 42.0 Å². The predicted molar refractivity (Wildman–Crippen MR) is 131 cm³/mol. The molecule has 1 N–H and O–H groups in total. The van der Waals surface area contributed by atoms with E-state index in [1.807, 2.05) is 65.2 Å². The number of benzene rings is 3. The summed E-state index contributed by atoms with van der Waals surface area (Å²) in [7, 11) is 1.32. The molecule has 0 saturated carbocycles. The van der Waals surface area contributed by atoms with Crippen LogP contribution in [-0.2, 0) is 14.3 Å². The first kappa shape index (κ1) is 24.2. The van der Waals surface area contributed by atoms with Gasteiger partial charge in [0, 0.05) is 11.3 Å². The first-order valence-electron chi connectivity index (χ1n) is 10.9. The van der Waals surface area contributed by atoms with Crippen molar-refractivity contribution in [2.45, 2.75) is 17.6 Å². The van der Waals surface area contributed by atoms with Gasteiger partial charge in [-0.1, -0.05) is 60.3 Å². The third-order valence-electron chi connectivity index (χ3n) is 5.22. The zero-order valence-corrected chi connectivity index (χ0v) is 19.7. The van der Waals surface area contributed by atoms with E-state index >= 15 is 0 Å². The second-order valence-corrected chi connectivity index (χ2v) is 8.53. The average Bonchev–Trinajstić information content (AvgIpc) is 3.32. The average molecular weight is 491 g/mol. The molecule has 7 nitrogen and oxygen atoms in total. The maximum absolute atomic E-state index is 13.4. The highest BCUT2D eigenvalue weighted by atomic mass is 32.2. The van der Waals surface area contributed by atoms with Gasteiger partial charge in [0.1, 0.15) is 5.82 Å². The summed E-state index contributed by atoms with van der Waals surface area (Å²) < 4.78 is 20.1. The number of rotatable bonds is 9. The summed E-state index contributed by atoms with van der Waals surface area (Å²) in [6, 6.07) is 24.2. The normalized spacial score (nSPS) is 11.6. The van der Waals surface area contributed by atoms with Crippen LogP contribution in [0.25, 0.3) is 17.1 Å². The van der Waals surface area contributed by atoms with Gasteiger partial charge in [0.25, 0.3) is 0 Å². The lowest BCUT2D eigenvalue weighted by Crippen LogP contribution is -2.31. The number of halogens is 1. The minimum atomic E-state index is -0.515. The fourth-order valence-electron chi connectivity index (χ4n) is 3.51. The standard InChI is InChI=1S/C26H23FN4O3S/c1-34-24(33)16-22(18-8-4-2-5-9-18)28-23(32)17-35-26-30-29-25(19-12-14-20(27)15-13-19)31(26)21-10-6-3-7-11-21/h2-15,22H,16-17H2,1H3,(H,28,32). The van der Waals surface area contributed by atoms with Crippen LogP contribution in [0.1, 0.15) is 18.0 Å². The number of hydrogen-bond donors (Lipinski definition) is 1. The summed E-state index contributed by atoms with van der Waals surface area (Å²) in [6.07, 6.45) is 0.0197. The molecule has 3 aromatic carbocycles. The molecule has 9 heteroatoms. The second-order valence-electron chi connectivity index (χ2n) is 7.58. The molecule has 1 heterocycles. The van der Waals surface area contributed by atoms with Gasteiger partial charge in [-0.15, -0.1) is 10.2 Å². The van der Waals surface area contributed by atoms with E-state index in [0.717, 1.165) is 11.3 Å². The van der Waals surface area contributed by atoms with E-state index in [1.165, 1.54) is 31.0 Å². The van der Waals surface area contributed by atoms with Crippen LogP contribution >= 0.6 is 11.8 Å². The maximum atomic E-state index is 13.4. The van der Waals surface area contributed by atoms with Crippen molar-refractivity contribution in [3.63, 3.8) is 0 Å². The van der Waals surface area contributed by atoms with E-state index < -0.39 is 12.0 Å². The number of para-hydroxylation sites is 1. The smallest absolute Gasteiger partial charge is 0.307 e. The Morgan fingerprint density at radius 3 is 2.29 bits per heavy atom. The quantitative estimate of drug-likeness (QED) is 0.273. The Hall–Kier alpha value is -3.98. The van der Waals surface area contributed by atoms with Gasteiger partial charge < -0.3 is 10.1 Å². The lowest BCUT2D eigenvalue weighted by atomic mass is 10.0. The molecule has 0 aliphatic carbocycles. The van der Waals surface area contributed by atoms with Crippen molar-refractivity contribution in [3.05, 3.63) is 96.3 Å². The number of carbonyl (C=O) groups is 2. The Morgan fingerprint density at radius 2 is 1.63 bits per heavy atom. The number of esters is 1. The van der Waals surface area contributed by atoms with Gasteiger partial charge in [-0.3, -0.25) is 14.2 Å². The fraction of sp³-hybridized carbons (Fsp3) is 0.154. The zero-order valence-electron chi connectivity index (χ0n) is 18.9. The SMILES string of the molecule is COC(=O)CC(NC(=O)CSc1nnc(-c2ccc(F)cc2)n1-c1ccccc1)c1ccccc1. The summed E-state index contributed by atoms with van der Waals surface area (Å²) in [4.78, 5) is 24.7. The van der Waals surface area contributed by atoms with Crippen molar-refractivity contribution in [2.24, 2.45) is 0 Å². The second kappa shape index (κ2) is 11.4. The molecule has 0 aliphatic heterocycles. The molecule has 35 heavy (non-hydrogen) atoms. The zero-order chi connectivity index (χ0) is 24.6. The van der Waals surface area contributed by atoms with E-state index in [9.17, 15) is 14.0 Å². The monoisotopic (exact) mass is 490 g/mol. The van der Waals surface area contributed by atoms with E-state index in [2.05, 4.69) is 15.5 Å². The Balaban J connectivity index is 1.54. The van der Waals surface area contributed by atoms with Gasteiger partial charge >= 0.3 is 5.97 Å². The van der Waals surface area contributed by atoms with Gasteiger partial charge in [0.15, 0.2) is 11.0 Å². The molecule has 4 aromatic rings. The molecule has 1 aromatic heterocycles. The molecule has 0 radical (unpaired) electrons. The van der Waals surface area contributed by atoms with Crippen molar-refractivity contribution in [1.29, 1.82) is 0 Å². The van der Waals surface area contributed by atoms with Crippen molar-refractivity contribution < 1.29 is 18.7 Å². The Kier molecular flexibility index (Phi) is 7.89. The Bertz CT molecular complexity index is 1280. The number of nitrogens with one attached hydrogen (secondary N) is 1. The number of amides is 1. The number of nitrogens with zero attached hydrogens (tertiary/aromatic N) is 3. The number of ether oxygens (including phenoxy) is 1. The van der Waals surface area contributed by atoms with Gasteiger partial charge in [-0.2, -0.15) is 0 Å². The number of carbonyl (C=O) groups excluding carboxylic acids is 2.